The molecule has 0 radical (unpaired) electrons. The van der Waals surface area contributed by atoms with Crippen LogP contribution in [0.25, 0.3) is 66.6 Å². The van der Waals surface area contributed by atoms with Crippen molar-refractivity contribution in [3.8, 4) is 33.9 Å². The molecule has 250 valence electrons. The Hall–Kier alpha value is -7.24. The molecule has 0 N–H and O–H groups in total. The van der Waals surface area contributed by atoms with Crippen molar-refractivity contribution in [2.45, 2.75) is 0 Å². The van der Waals surface area contributed by atoms with Crippen LogP contribution in [0.3, 0.4) is 0 Å². The topological polar surface area (TPSA) is 38.9 Å². The number of benzene rings is 6. The third-order valence-corrected chi connectivity index (χ3v) is 10.1. The molecule has 0 unspecified atom stereocenters. The zero-order valence-electron chi connectivity index (χ0n) is 28.8. The molecule has 6 aromatic carbocycles. The Bertz CT molecular complexity index is 2760. The lowest BCUT2D eigenvalue weighted by Gasteiger charge is -2.26. The van der Waals surface area contributed by atoms with Gasteiger partial charge in [0.15, 0.2) is 0 Å². The van der Waals surface area contributed by atoms with Gasteiger partial charge in [0.2, 0.25) is 0 Å². The summed E-state index contributed by atoms with van der Waals surface area (Å²) < 4.78 is 4.67. The molecule has 0 spiro atoms. The van der Waals surface area contributed by atoms with Crippen LogP contribution in [0.15, 0.2) is 201 Å². The first-order valence-electron chi connectivity index (χ1n) is 17.8. The van der Waals surface area contributed by atoms with Gasteiger partial charge in [0.1, 0.15) is 0 Å². The summed E-state index contributed by atoms with van der Waals surface area (Å²) in [6.45, 7) is 0. The summed E-state index contributed by atoms with van der Waals surface area (Å²) in [5.41, 5.74) is 13.0. The number of fused-ring (bicyclic) bond motifs is 5. The molecule has 0 aliphatic carbocycles. The standard InChI is InChI=1S/C48H33N5/c1-3-11-36(12-4-1)51-32-29-41-45(51)27-28-47-48(41)42-33-40(25-26-46(42)53(47)37-13-5-2-6-14-37)52(38-21-17-34(18-22-38)43-15-7-9-30-49-43)39-23-19-35(20-24-39)44-16-8-10-31-50-44/h1-33H. The predicted octanol–water partition coefficient (Wildman–Crippen LogP) is 12.3. The minimum Gasteiger partial charge on any atom is -0.317 e. The average molecular weight is 680 g/mol. The summed E-state index contributed by atoms with van der Waals surface area (Å²) in [7, 11) is 0. The molecular weight excluding hydrogens is 647 g/mol. The fraction of sp³-hybridized carbons (Fsp3) is 0. The number of pyridine rings is 2. The molecule has 53 heavy (non-hydrogen) atoms. The van der Waals surface area contributed by atoms with Crippen molar-refractivity contribution in [3.05, 3.63) is 201 Å². The summed E-state index contributed by atoms with van der Waals surface area (Å²) in [6.07, 6.45) is 5.86. The van der Waals surface area contributed by atoms with Crippen LogP contribution in [0.5, 0.6) is 0 Å². The zero-order chi connectivity index (χ0) is 35.1. The maximum Gasteiger partial charge on any atom is 0.0701 e. The Morgan fingerprint density at radius 2 is 0.925 bits per heavy atom. The number of anilines is 3. The van der Waals surface area contributed by atoms with E-state index in [-0.39, 0.29) is 0 Å². The van der Waals surface area contributed by atoms with Crippen molar-refractivity contribution in [2.75, 3.05) is 4.90 Å². The summed E-state index contributed by atoms with van der Waals surface area (Å²) in [4.78, 5) is 11.5. The summed E-state index contributed by atoms with van der Waals surface area (Å²) >= 11 is 0. The van der Waals surface area contributed by atoms with E-state index in [0.29, 0.717) is 0 Å². The normalized spacial score (nSPS) is 11.4. The van der Waals surface area contributed by atoms with Crippen LogP contribution in [0.2, 0.25) is 0 Å². The van der Waals surface area contributed by atoms with E-state index in [2.05, 4.69) is 176 Å². The minimum atomic E-state index is 0.951. The van der Waals surface area contributed by atoms with Crippen molar-refractivity contribution >= 4 is 49.8 Å². The van der Waals surface area contributed by atoms with E-state index in [1.54, 1.807) is 0 Å². The van der Waals surface area contributed by atoms with Crippen molar-refractivity contribution in [3.63, 3.8) is 0 Å². The van der Waals surface area contributed by atoms with Gasteiger partial charge in [0.25, 0.3) is 0 Å². The molecule has 4 aromatic heterocycles. The zero-order valence-corrected chi connectivity index (χ0v) is 28.8. The highest BCUT2D eigenvalue weighted by Gasteiger charge is 2.20. The molecule has 4 heterocycles. The highest BCUT2D eigenvalue weighted by atomic mass is 15.1. The molecular formula is C48H33N5. The van der Waals surface area contributed by atoms with Crippen LogP contribution < -0.4 is 4.90 Å². The Morgan fingerprint density at radius 3 is 1.51 bits per heavy atom. The molecule has 0 saturated heterocycles. The van der Waals surface area contributed by atoms with E-state index in [0.717, 1.165) is 56.5 Å². The molecule has 10 rings (SSSR count). The van der Waals surface area contributed by atoms with E-state index in [4.69, 9.17) is 0 Å². The lowest BCUT2D eigenvalue weighted by atomic mass is 10.1. The van der Waals surface area contributed by atoms with Crippen LogP contribution in [0, 0.1) is 0 Å². The van der Waals surface area contributed by atoms with E-state index < -0.39 is 0 Å². The number of nitrogens with zero attached hydrogens (tertiary/aromatic N) is 5. The van der Waals surface area contributed by atoms with E-state index in [1.165, 1.54) is 27.2 Å². The molecule has 0 bridgehead atoms. The monoisotopic (exact) mass is 679 g/mol. The second-order valence-corrected chi connectivity index (χ2v) is 13.1. The van der Waals surface area contributed by atoms with E-state index in [1.807, 2.05) is 48.8 Å². The summed E-state index contributed by atoms with van der Waals surface area (Å²) in [5.74, 6) is 0. The molecule has 5 heteroatoms. The van der Waals surface area contributed by atoms with E-state index >= 15 is 0 Å². The fourth-order valence-electron chi connectivity index (χ4n) is 7.61. The van der Waals surface area contributed by atoms with Gasteiger partial charge in [-0.25, -0.2) is 0 Å². The molecule has 0 amide bonds. The van der Waals surface area contributed by atoms with Gasteiger partial charge in [0.05, 0.1) is 27.9 Å². The molecule has 0 fully saturated rings. The van der Waals surface area contributed by atoms with Crippen molar-refractivity contribution < 1.29 is 0 Å². The Labute approximate surface area is 307 Å². The number of rotatable bonds is 7. The maximum absolute atomic E-state index is 4.59. The first-order valence-corrected chi connectivity index (χ1v) is 17.8. The van der Waals surface area contributed by atoms with Gasteiger partial charge >= 0.3 is 0 Å². The van der Waals surface area contributed by atoms with Gasteiger partial charge in [-0.15, -0.1) is 0 Å². The lowest BCUT2D eigenvalue weighted by Crippen LogP contribution is -2.10. The first kappa shape index (κ1) is 30.6. The Morgan fingerprint density at radius 1 is 0.396 bits per heavy atom. The van der Waals surface area contributed by atoms with Crippen LogP contribution in [0.4, 0.5) is 17.1 Å². The third kappa shape index (κ3) is 5.34. The molecule has 0 atom stereocenters. The van der Waals surface area contributed by atoms with Crippen LogP contribution in [0.1, 0.15) is 0 Å². The van der Waals surface area contributed by atoms with Gasteiger partial charge in [-0.2, -0.15) is 0 Å². The van der Waals surface area contributed by atoms with Gasteiger partial charge < -0.3 is 14.0 Å². The summed E-state index contributed by atoms with van der Waals surface area (Å²) in [6, 6.07) is 64.3. The number of hydrogen-bond donors (Lipinski definition) is 0. The van der Waals surface area contributed by atoms with Crippen molar-refractivity contribution in [1.29, 1.82) is 0 Å². The van der Waals surface area contributed by atoms with Crippen LogP contribution in [-0.2, 0) is 0 Å². The minimum absolute atomic E-state index is 0.951. The highest BCUT2D eigenvalue weighted by Crippen LogP contribution is 2.43. The molecule has 0 aliphatic rings. The largest absolute Gasteiger partial charge is 0.317 e. The smallest absolute Gasteiger partial charge is 0.0701 e. The Kier molecular flexibility index (Phi) is 7.40. The SMILES string of the molecule is c1ccc(-n2ccc3c4c5cc(N(c6ccc(-c7ccccn7)cc6)c6ccc(-c7ccccn7)cc6)ccc5n(-c5ccccc5)c4ccc32)cc1. The molecule has 0 saturated carbocycles. The number of para-hydroxylation sites is 2. The molecule has 10 aromatic rings. The van der Waals surface area contributed by atoms with E-state index in [9.17, 15) is 0 Å². The number of hydrogen-bond acceptors (Lipinski definition) is 3. The average Bonchev–Trinajstić information content (AvgIpc) is 3.82. The maximum atomic E-state index is 4.59. The lowest BCUT2D eigenvalue weighted by molar-refractivity contribution is 1.13. The van der Waals surface area contributed by atoms with Gasteiger partial charge in [-0.3, -0.25) is 9.97 Å². The van der Waals surface area contributed by atoms with Crippen molar-refractivity contribution in [1.82, 2.24) is 19.1 Å². The number of aromatic nitrogens is 4. The van der Waals surface area contributed by atoms with Crippen molar-refractivity contribution in [2.24, 2.45) is 0 Å². The predicted molar refractivity (Wildman–Crippen MR) is 219 cm³/mol. The second kappa shape index (κ2) is 12.8. The summed E-state index contributed by atoms with van der Waals surface area (Å²) in [5, 5.41) is 3.64. The first-order chi connectivity index (χ1) is 26.3. The quantitative estimate of drug-likeness (QED) is 0.168. The van der Waals surface area contributed by atoms with Gasteiger partial charge in [-0.05, 0) is 109 Å². The highest BCUT2D eigenvalue weighted by molar-refractivity contribution is 6.22. The van der Waals surface area contributed by atoms with Crippen LogP contribution in [-0.4, -0.2) is 19.1 Å². The molecule has 0 aliphatic heterocycles. The molecule has 5 nitrogen and oxygen atoms in total. The van der Waals surface area contributed by atoms with Gasteiger partial charge in [-0.1, -0.05) is 72.8 Å². The van der Waals surface area contributed by atoms with Gasteiger partial charge in [0, 0.05) is 74.3 Å². The Balaban J connectivity index is 1.19. The third-order valence-electron chi connectivity index (χ3n) is 10.1. The second-order valence-electron chi connectivity index (χ2n) is 13.1. The van der Waals surface area contributed by atoms with Crippen LogP contribution >= 0.6 is 0 Å². The fourth-order valence-corrected chi connectivity index (χ4v) is 7.61.